The molecule has 1 aromatic heterocycles. The monoisotopic (exact) mass is 186 g/mol. The van der Waals surface area contributed by atoms with Gasteiger partial charge in [-0.2, -0.15) is 0 Å². The summed E-state index contributed by atoms with van der Waals surface area (Å²) in [6, 6.07) is 5.19. The lowest BCUT2D eigenvalue weighted by Crippen LogP contribution is -2.17. The summed E-state index contributed by atoms with van der Waals surface area (Å²) in [6.07, 6.45) is 2.81. The minimum absolute atomic E-state index is 0.431. The Morgan fingerprint density at radius 2 is 2.08 bits per heavy atom. The Morgan fingerprint density at radius 1 is 1.42 bits per heavy atom. The first-order chi connectivity index (χ1) is 5.49. The second-order valence-electron chi connectivity index (χ2n) is 2.49. The van der Waals surface area contributed by atoms with Crippen LogP contribution in [0.4, 0.5) is 0 Å². The minimum atomic E-state index is -3.30. The van der Waals surface area contributed by atoms with Gasteiger partial charge in [-0.1, -0.05) is 6.07 Å². The molecule has 1 rings (SSSR count). The van der Waals surface area contributed by atoms with E-state index in [2.05, 4.69) is 4.40 Å². The van der Waals surface area contributed by atoms with E-state index in [4.69, 9.17) is 0 Å². The van der Waals surface area contributed by atoms with Crippen molar-refractivity contribution in [3.63, 3.8) is 0 Å². The molecule has 0 aliphatic rings. The molecule has 0 aromatic carbocycles. The van der Waals surface area contributed by atoms with Gasteiger partial charge in [-0.25, -0.2) is 8.42 Å². The first kappa shape index (κ1) is 8.99. The number of hydrogen-bond donors (Lipinski definition) is 0. The molecule has 0 saturated carbocycles. The molecule has 0 unspecified atom stereocenters. The predicted octanol–water partition coefficient (Wildman–Crippen LogP) is -0.115. The second kappa shape index (κ2) is 3.10. The summed E-state index contributed by atoms with van der Waals surface area (Å²) in [5.74, 6) is 0. The van der Waals surface area contributed by atoms with Crippen LogP contribution in [0.2, 0.25) is 0 Å². The van der Waals surface area contributed by atoms with Crippen molar-refractivity contribution in [2.45, 2.75) is 0 Å². The van der Waals surface area contributed by atoms with Crippen LogP contribution in [-0.4, -0.2) is 19.2 Å². The van der Waals surface area contributed by atoms with Gasteiger partial charge < -0.3 is 4.57 Å². The molecule has 0 aliphatic heterocycles. The van der Waals surface area contributed by atoms with Gasteiger partial charge in [-0.3, -0.25) is 0 Å². The van der Waals surface area contributed by atoms with Crippen LogP contribution in [-0.2, 0) is 17.1 Å². The SMILES string of the molecule is Cn1ccccc1=NS(C)(=O)=O. The number of nitrogens with zero attached hydrogens (tertiary/aromatic N) is 2. The fourth-order valence-electron chi connectivity index (χ4n) is 0.779. The molecule has 5 heteroatoms. The molecule has 66 valence electrons. The Labute approximate surface area is 71.2 Å². The summed E-state index contributed by atoms with van der Waals surface area (Å²) >= 11 is 0. The molecule has 0 atom stereocenters. The van der Waals surface area contributed by atoms with Crippen molar-refractivity contribution in [1.82, 2.24) is 4.57 Å². The van der Waals surface area contributed by atoms with E-state index in [-0.39, 0.29) is 0 Å². The van der Waals surface area contributed by atoms with Gasteiger partial charge in [-0.15, -0.1) is 4.40 Å². The topological polar surface area (TPSA) is 51.4 Å². The van der Waals surface area contributed by atoms with E-state index in [0.717, 1.165) is 6.26 Å². The van der Waals surface area contributed by atoms with Crippen LogP contribution in [0, 0.1) is 0 Å². The minimum Gasteiger partial charge on any atom is -0.335 e. The number of hydrogen-bond acceptors (Lipinski definition) is 2. The Bertz CT molecular complexity index is 431. The molecule has 1 heterocycles. The van der Waals surface area contributed by atoms with E-state index >= 15 is 0 Å². The largest absolute Gasteiger partial charge is 0.335 e. The molecule has 0 fully saturated rings. The highest BCUT2D eigenvalue weighted by atomic mass is 32.2. The predicted molar refractivity (Wildman–Crippen MR) is 45.8 cm³/mol. The van der Waals surface area contributed by atoms with Crippen LogP contribution in [0.3, 0.4) is 0 Å². The van der Waals surface area contributed by atoms with Gasteiger partial charge in [0.15, 0.2) is 0 Å². The Balaban J connectivity index is 3.39. The molecular formula is C7H10N2O2S. The number of aryl methyl sites for hydroxylation is 1. The van der Waals surface area contributed by atoms with Gasteiger partial charge in [-0.05, 0) is 12.1 Å². The lowest BCUT2D eigenvalue weighted by molar-refractivity contribution is 0.601. The average Bonchev–Trinajstić information content (AvgIpc) is 1.91. The van der Waals surface area contributed by atoms with E-state index in [9.17, 15) is 8.42 Å². The summed E-state index contributed by atoms with van der Waals surface area (Å²) in [5.41, 5.74) is 0.431. The van der Waals surface area contributed by atoms with E-state index in [0.29, 0.717) is 5.49 Å². The van der Waals surface area contributed by atoms with Gasteiger partial charge in [0.2, 0.25) is 0 Å². The van der Waals surface area contributed by atoms with Crippen LogP contribution in [0.5, 0.6) is 0 Å². The molecule has 1 aromatic rings. The number of rotatable bonds is 1. The highest BCUT2D eigenvalue weighted by Gasteiger charge is 1.94. The third-order valence-corrected chi connectivity index (χ3v) is 1.81. The van der Waals surface area contributed by atoms with E-state index in [1.807, 2.05) is 0 Å². The average molecular weight is 186 g/mol. The summed E-state index contributed by atoms with van der Waals surface area (Å²) in [7, 11) is -1.56. The lowest BCUT2D eigenvalue weighted by atomic mass is 10.5. The molecule has 0 aliphatic carbocycles. The molecular weight excluding hydrogens is 176 g/mol. The summed E-state index contributed by atoms with van der Waals surface area (Å²) in [4.78, 5) is 0. The van der Waals surface area contributed by atoms with Gasteiger partial charge in [0, 0.05) is 13.2 Å². The molecule has 4 nitrogen and oxygen atoms in total. The first-order valence-corrected chi connectivity index (χ1v) is 5.21. The normalized spacial score (nSPS) is 13.3. The first-order valence-electron chi connectivity index (χ1n) is 3.37. The Hall–Kier alpha value is -1.10. The Kier molecular flexibility index (Phi) is 2.32. The number of pyridine rings is 1. The standard InChI is InChI=1S/C7H10N2O2S/c1-9-6-4-3-5-7(9)8-12(2,10)11/h3-6H,1-2H3. The molecule has 0 saturated heterocycles. The third kappa shape index (κ3) is 2.50. The quantitative estimate of drug-likeness (QED) is 0.614. The van der Waals surface area contributed by atoms with E-state index in [1.54, 1.807) is 36.0 Å². The maximum Gasteiger partial charge on any atom is 0.252 e. The molecule has 0 N–H and O–H groups in total. The molecule has 0 radical (unpaired) electrons. The third-order valence-electron chi connectivity index (χ3n) is 1.29. The second-order valence-corrected chi connectivity index (χ2v) is 4.14. The number of sulfonamides is 1. The highest BCUT2D eigenvalue weighted by Crippen LogP contribution is 1.82. The fourth-order valence-corrected chi connectivity index (χ4v) is 1.31. The van der Waals surface area contributed by atoms with Crippen molar-refractivity contribution >= 4 is 10.0 Å². The highest BCUT2D eigenvalue weighted by molar-refractivity contribution is 7.89. The van der Waals surface area contributed by atoms with Gasteiger partial charge in [0.25, 0.3) is 10.0 Å². The van der Waals surface area contributed by atoms with Crippen molar-refractivity contribution in [2.24, 2.45) is 11.4 Å². The van der Waals surface area contributed by atoms with Crippen molar-refractivity contribution in [2.75, 3.05) is 6.26 Å². The fraction of sp³-hybridized carbons (Fsp3) is 0.286. The molecule has 0 amide bonds. The zero-order valence-electron chi connectivity index (χ0n) is 6.93. The smallest absolute Gasteiger partial charge is 0.252 e. The zero-order valence-corrected chi connectivity index (χ0v) is 7.75. The van der Waals surface area contributed by atoms with E-state index in [1.165, 1.54) is 0 Å². The van der Waals surface area contributed by atoms with Crippen LogP contribution >= 0.6 is 0 Å². The van der Waals surface area contributed by atoms with Crippen molar-refractivity contribution < 1.29 is 8.42 Å². The van der Waals surface area contributed by atoms with Gasteiger partial charge >= 0.3 is 0 Å². The van der Waals surface area contributed by atoms with Crippen molar-refractivity contribution in [1.29, 1.82) is 0 Å². The van der Waals surface area contributed by atoms with E-state index < -0.39 is 10.0 Å². The Morgan fingerprint density at radius 3 is 2.58 bits per heavy atom. The van der Waals surface area contributed by atoms with Crippen LogP contribution in [0.15, 0.2) is 28.8 Å². The van der Waals surface area contributed by atoms with Crippen molar-refractivity contribution in [3.8, 4) is 0 Å². The summed E-state index contributed by atoms with van der Waals surface area (Å²) < 4.78 is 26.7. The van der Waals surface area contributed by atoms with Crippen molar-refractivity contribution in [3.05, 3.63) is 29.9 Å². The molecule has 12 heavy (non-hydrogen) atoms. The summed E-state index contributed by atoms with van der Waals surface area (Å²) in [6.45, 7) is 0. The number of aromatic nitrogens is 1. The molecule has 0 spiro atoms. The molecule has 0 bridgehead atoms. The summed E-state index contributed by atoms with van der Waals surface area (Å²) in [5, 5.41) is 0. The maximum absolute atomic E-state index is 10.8. The van der Waals surface area contributed by atoms with Gasteiger partial charge in [0.05, 0.1) is 6.26 Å². The maximum atomic E-state index is 10.8. The van der Waals surface area contributed by atoms with Gasteiger partial charge in [0.1, 0.15) is 5.49 Å². The van der Waals surface area contributed by atoms with Crippen LogP contribution < -0.4 is 5.49 Å². The van der Waals surface area contributed by atoms with Crippen LogP contribution in [0.25, 0.3) is 0 Å². The van der Waals surface area contributed by atoms with Crippen LogP contribution in [0.1, 0.15) is 0 Å². The zero-order chi connectivity index (χ0) is 9.19. The lowest BCUT2D eigenvalue weighted by Gasteiger charge is -1.96.